The molecule has 0 radical (unpaired) electrons. The molecule has 0 atom stereocenters. The summed E-state index contributed by atoms with van der Waals surface area (Å²) in [4.78, 5) is 23.0. The van der Waals surface area contributed by atoms with Crippen LogP contribution >= 0.6 is 0 Å². The Morgan fingerprint density at radius 3 is 2.33 bits per heavy atom. The molecule has 2 aromatic rings. The lowest BCUT2D eigenvalue weighted by molar-refractivity contribution is 0.100. The van der Waals surface area contributed by atoms with Gasteiger partial charge < -0.3 is 16.4 Å². The Morgan fingerprint density at radius 1 is 0.952 bits per heavy atom. The number of rotatable bonds is 3. The van der Waals surface area contributed by atoms with E-state index < -0.39 is 23.6 Å². The Kier molecular flexibility index (Phi) is 4.13. The number of carbonyl (C=O) groups excluding carboxylic acids is 2. The number of primary amides is 1. The van der Waals surface area contributed by atoms with Crippen molar-refractivity contribution in [2.45, 2.75) is 0 Å². The number of carbonyl (C=O) groups is 2. The average Bonchev–Trinajstić information content (AvgIpc) is 2.43. The molecule has 0 fully saturated rings. The summed E-state index contributed by atoms with van der Waals surface area (Å²) in [5, 5.41) is 4.50. The normalized spacial score (nSPS) is 10.0. The topological polar surface area (TPSA) is 84.2 Å². The molecule has 7 heteroatoms. The summed E-state index contributed by atoms with van der Waals surface area (Å²) >= 11 is 0. The summed E-state index contributed by atoms with van der Waals surface area (Å²) in [5.74, 6) is -2.19. The number of para-hydroxylation sites is 1. The van der Waals surface area contributed by atoms with E-state index in [9.17, 15) is 18.4 Å². The van der Waals surface area contributed by atoms with Crippen LogP contribution in [0.5, 0.6) is 0 Å². The number of urea groups is 1. The Morgan fingerprint density at radius 2 is 1.62 bits per heavy atom. The summed E-state index contributed by atoms with van der Waals surface area (Å²) in [7, 11) is 0. The predicted octanol–water partition coefficient (Wildman–Crippen LogP) is 2.71. The van der Waals surface area contributed by atoms with Gasteiger partial charge in [0.15, 0.2) is 0 Å². The van der Waals surface area contributed by atoms with Gasteiger partial charge in [-0.1, -0.05) is 12.1 Å². The maximum absolute atomic E-state index is 13.4. The van der Waals surface area contributed by atoms with E-state index in [0.29, 0.717) is 0 Å². The van der Waals surface area contributed by atoms with Crippen LogP contribution in [0.2, 0.25) is 0 Å². The van der Waals surface area contributed by atoms with Crippen molar-refractivity contribution in [3.8, 4) is 0 Å². The molecule has 0 aliphatic heterocycles. The first-order valence-electron chi connectivity index (χ1n) is 5.89. The molecule has 0 aliphatic rings. The van der Waals surface area contributed by atoms with E-state index in [-0.39, 0.29) is 16.9 Å². The molecule has 2 rings (SSSR count). The van der Waals surface area contributed by atoms with Gasteiger partial charge in [0.05, 0.1) is 16.9 Å². The van der Waals surface area contributed by atoms with Gasteiger partial charge in [0.25, 0.3) is 5.91 Å². The minimum Gasteiger partial charge on any atom is -0.366 e. The SMILES string of the molecule is NC(=O)c1ccccc1NC(=O)Nc1cc(F)ccc1F. The van der Waals surface area contributed by atoms with Gasteiger partial charge in [-0.2, -0.15) is 0 Å². The van der Waals surface area contributed by atoms with Crippen LogP contribution in [0.4, 0.5) is 25.0 Å². The Labute approximate surface area is 118 Å². The zero-order valence-electron chi connectivity index (χ0n) is 10.7. The van der Waals surface area contributed by atoms with E-state index in [1.54, 1.807) is 12.1 Å². The first-order chi connectivity index (χ1) is 9.97. The fraction of sp³-hybridized carbons (Fsp3) is 0. The van der Waals surface area contributed by atoms with Gasteiger partial charge in [-0.25, -0.2) is 13.6 Å². The number of halogens is 2. The third-order valence-electron chi connectivity index (χ3n) is 2.62. The highest BCUT2D eigenvalue weighted by Gasteiger charge is 2.12. The number of hydrogen-bond donors (Lipinski definition) is 3. The number of anilines is 2. The van der Waals surface area contributed by atoms with Crippen LogP contribution < -0.4 is 16.4 Å². The average molecular weight is 291 g/mol. The second kappa shape index (κ2) is 6.00. The lowest BCUT2D eigenvalue weighted by Crippen LogP contribution is -2.23. The quantitative estimate of drug-likeness (QED) is 0.812. The van der Waals surface area contributed by atoms with E-state index in [0.717, 1.165) is 18.2 Å². The molecule has 0 heterocycles. The zero-order valence-corrected chi connectivity index (χ0v) is 10.7. The van der Waals surface area contributed by atoms with Crippen LogP contribution in [0, 0.1) is 11.6 Å². The smallest absolute Gasteiger partial charge is 0.323 e. The molecule has 0 aliphatic carbocycles. The van der Waals surface area contributed by atoms with Crippen LogP contribution in [-0.4, -0.2) is 11.9 Å². The molecule has 5 nitrogen and oxygen atoms in total. The standard InChI is InChI=1S/C14H11F2N3O2/c15-8-5-6-10(16)12(7-8)19-14(21)18-11-4-2-1-3-9(11)13(17)20/h1-7H,(H2,17,20)(H2,18,19,21). The van der Waals surface area contributed by atoms with E-state index in [1.807, 2.05) is 0 Å². The number of amides is 3. The van der Waals surface area contributed by atoms with Gasteiger partial charge in [-0.3, -0.25) is 4.79 Å². The molecule has 0 bridgehead atoms. The predicted molar refractivity (Wildman–Crippen MR) is 74.0 cm³/mol. The van der Waals surface area contributed by atoms with Crippen molar-refractivity contribution in [3.05, 3.63) is 59.7 Å². The molecule has 0 aromatic heterocycles. The lowest BCUT2D eigenvalue weighted by Gasteiger charge is -2.10. The molecule has 0 saturated carbocycles. The lowest BCUT2D eigenvalue weighted by atomic mass is 10.1. The summed E-state index contributed by atoms with van der Waals surface area (Å²) in [6.07, 6.45) is 0. The molecule has 3 amide bonds. The van der Waals surface area contributed by atoms with Gasteiger partial charge >= 0.3 is 6.03 Å². The van der Waals surface area contributed by atoms with Gasteiger partial charge in [-0.05, 0) is 24.3 Å². The fourth-order valence-corrected chi connectivity index (χ4v) is 1.68. The Hall–Kier alpha value is -2.96. The third kappa shape index (κ3) is 3.53. The Bertz CT molecular complexity index is 704. The van der Waals surface area contributed by atoms with Crippen molar-refractivity contribution in [1.29, 1.82) is 0 Å². The summed E-state index contributed by atoms with van der Waals surface area (Å²) in [5.41, 5.74) is 5.12. The van der Waals surface area contributed by atoms with Crippen molar-refractivity contribution < 1.29 is 18.4 Å². The molecular weight excluding hydrogens is 280 g/mol. The molecular formula is C14H11F2N3O2. The molecule has 4 N–H and O–H groups in total. The van der Waals surface area contributed by atoms with Crippen molar-refractivity contribution in [3.63, 3.8) is 0 Å². The van der Waals surface area contributed by atoms with Gasteiger partial charge in [0.1, 0.15) is 11.6 Å². The molecule has 0 unspecified atom stereocenters. The van der Waals surface area contributed by atoms with E-state index >= 15 is 0 Å². The number of hydrogen-bond acceptors (Lipinski definition) is 2. The number of benzene rings is 2. The number of nitrogens with two attached hydrogens (primary N) is 1. The molecule has 0 spiro atoms. The van der Waals surface area contributed by atoms with Crippen molar-refractivity contribution in [1.82, 2.24) is 0 Å². The maximum atomic E-state index is 13.4. The first-order valence-corrected chi connectivity index (χ1v) is 5.89. The largest absolute Gasteiger partial charge is 0.366 e. The zero-order chi connectivity index (χ0) is 15.4. The van der Waals surface area contributed by atoms with Crippen LogP contribution in [0.15, 0.2) is 42.5 Å². The second-order valence-electron chi connectivity index (χ2n) is 4.11. The second-order valence-corrected chi connectivity index (χ2v) is 4.11. The highest BCUT2D eigenvalue weighted by molar-refractivity contribution is 6.06. The fourth-order valence-electron chi connectivity index (χ4n) is 1.68. The molecule has 21 heavy (non-hydrogen) atoms. The molecule has 0 saturated heterocycles. The van der Waals surface area contributed by atoms with Crippen LogP contribution in [0.3, 0.4) is 0 Å². The van der Waals surface area contributed by atoms with Crippen LogP contribution in [-0.2, 0) is 0 Å². The van der Waals surface area contributed by atoms with Gasteiger partial charge in [-0.15, -0.1) is 0 Å². The van der Waals surface area contributed by atoms with Crippen molar-refractivity contribution >= 4 is 23.3 Å². The Balaban J connectivity index is 2.16. The summed E-state index contributed by atoms with van der Waals surface area (Å²) in [6.45, 7) is 0. The minimum atomic E-state index is -0.826. The summed E-state index contributed by atoms with van der Waals surface area (Å²) in [6, 6.07) is 7.90. The van der Waals surface area contributed by atoms with Gasteiger partial charge in [0, 0.05) is 6.07 Å². The van der Waals surface area contributed by atoms with Crippen LogP contribution in [0.25, 0.3) is 0 Å². The van der Waals surface area contributed by atoms with Gasteiger partial charge in [0.2, 0.25) is 0 Å². The molecule has 2 aromatic carbocycles. The van der Waals surface area contributed by atoms with E-state index in [1.165, 1.54) is 12.1 Å². The highest BCUT2D eigenvalue weighted by Crippen LogP contribution is 2.17. The summed E-state index contributed by atoms with van der Waals surface area (Å²) < 4.78 is 26.4. The molecule has 108 valence electrons. The highest BCUT2D eigenvalue weighted by atomic mass is 19.1. The maximum Gasteiger partial charge on any atom is 0.323 e. The minimum absolute atomic E-state index is 0.104. The van der Waals surface area contributed by atoms with E-state index in [2.05, 4.69) is 10.6 Å². The van der Waals surface area contributed by atoms with Crippen molar-refractivity contribution in [2.24, 2.45) is 5.73 Å². The monoisotopic (exact) mass is 291 g/mol. The van der Waals surface area contributed by atoms with Crippen LogP contribution in [0.1, 0.15) is 10.4 Å². The first kappa shape index (κ1) is 14.4. The third-order valence-corrected chi connectivity index (χ3v) is 2.62. The van der Waals surface area contributed by atoms with Crippen molar-refractivity contribution in [2.75, 3.05) is 10.6 Å². The number of nitrogens with one attached hydrogen (secondary N) is 2. The van der Waals surface area contributed by atoms with E-state index in [4.69, 9.17) is 5.73 Å².